The number of imidazole rings is 1. The standard InChI is InChI=1S/C18H20N4O3/c1-13-15(20-18(25-13)16-5-3-9-24-16)10-17(23)21-7-2-4-14(11-21)22-8-6-19-12-22/h3,5-6,8-9,12,14H,2,4,7,10-11H2,1H3/t14-/m1/s1. The highest BCUT2D eigenvalue weighted by atomic mass is 16.4. The summed E-state index contributed by atoms with van der Waals surface area (Å²) in [6.07, 6.45) is 9.41. The van der Waals surface area contributed by atoms with Gasteiger partial charge in [-0.25, -0.2) is 9.97 Å². The highest BCUT2D eigenvalue weighted by Gasteiger charge is 2.26. The molecule has 3 aromatic heterocycles. The Bertz CT molecular complexity index is 836. The van der Waals surface area contributed by atoms with Crippen molar-refractivity contribution in [2.45, 2.75) is 32.2 Å². The van der Waals surface area contributed by atoms with Crippen LogP contribution >= 0.6 is 0 Å². The van der Waals surface area contributed by atoms with Gasteiger partial charge in [-0.15, -0.1) is 0 Å². The van der Waals surface area contributed by atoms with E-state index in [0.717, 1.165) is 19.4 Å². The number of hydrogen-bond acceptors (Lipinski definition) is 5. The first-order chi connectivity index (χ1) is 12.2. The number of aryl methyl sites for hydroxylation is 1. The van der Waals surface area contributed by atoms with Crippen molar-refractivity contribution in [3.8, 4) is 11.7 Å². The van der Waals surface area contributed by atoms with Crippen LogP contribution < -0.4 is 0 Å². The van der Waals surface area contributed by atoms with E-state index < -0.39 is 0 Å². The molecule has 0 radical (unpaired) electrons. The Morgan fingerprint density at radius 3 is 3.12 bits per heavy atom. The summed E-state index contributed by atoms with van der Waals surface area (Å²) < 4.78 is 13.0. The molecule has 25 heavy (non-hydrogen) atoms. The van der Waals surface area contributed by atoms with Crippen LogP contribution in [0.3, 0.4) is 0 Å². The number of piperidine rings is 1. The van der Waals surface area contributed by atoms with Crippen LogP contribution in [0.25, 0.3) is 11.7 Å². The van der Waals surface area contributed by atoms with Crippen LogP contribution in [-0.2, 0) is 11.2 Å². The van der Waals surface area contributed by atoms with Gasteiger partial charge in [0.15, 0.2) is 5.76 Å². The van der Waals surface area contributed by atoms with Gasteiger partial charge < -0.3 is 18.3 Å². The molecule has 7 heteroatoms. The summed E-state index contributed by atoms with van der Waals surface area (Å²) >= 11 is 0. The summed E-state index contributed by atoms with van der Waals surface area (Å²) in [5.74, 6) is 1.72. The number of furan rings is 1. The lowest BCUT2D eigenvalue weighted by atomic mass is 10.0. The van der Waals surface area contributed by atoms with Gasteiger partial charge in [0.05, 0.1) is 30.7 Å². The fourth-order valence-corrected chi connectivity index (χ4v) is 3.26. The van der Waals surface area contributed by atoms with Crippen molar-refractivity contribution in [3.63, 3.8) is 0 Å². The molecule has 1 aliphatic heterocycles. The van der Waals surface area contributed by atoms with Crippen molar-refractivity contribution in [2.24, 2.45) is 0 Å². The highest BCUT2D eigenvalue weighted by molar-refractivity contribution is 5.78. The Kier molecular flexibility index (Phi) is 4.13. The molecule has 3 aromatic rings. The number of aromatic nitrogens is 3. The molecule has 0 unspecified atom stereocenters. The molecule has 4 heterocycles. The first-order valence-corrected chi connectivity index (χ1v) is 8.46. The van der Waals surface area contributed by atoms with E-state index in [-0.39, 0.29) is 18.4 Å². The fourth-order valence-electron chi connectivity index (χ4n) is 3.26. The second-order valence-electron chi connectivity index (χ2n) is 6.32. The maximum Gasteiger partial charge on any atom is 0.263 e. The first kappa shape index (κ1) is 15.7. The summed E-state index contributed by atoms with van der Waals surface area (Å²) in [7, 11) is 0. The van der Waals surface area contributed by atoms with Gasteiger partial charge in [-0.1, -0.05) is 0 Å². The van der Waals surface area contributed by atoms with Crippen LogP contribution in [0, 0.1) is 6.92 Å². The molecule has 0 aliphatic carbocycles. The second kappa shape index (κ2) is 6.58. The number of rotatable bonds is 4. The number of carbonyl (C=O) groups excluding carboxylic acids is 1. The summed E-state index contributed by atoms with van der Waals surface area (Å²) in [6.45, 7) is 3.32. The highest BCUT2D eigenvalue weighted by Crippen LogP contribution is 2.24. The van der Waals surface area contributed by atoms with E-state index in [1.54, 1.807) is 24.6 Å². The lowest BCUT2D eigenvalue weighted by Gasteiger charge is -2.33. The molecule has 0 spiro atoms. The van der Waals surface area contributed by atoms with E-state index in [1.165, 1.54) is 0 Å². The van der Waals surface area contributed by atoms with Gasteiger partial charge in [0.2, 0.25) is 5.91 Å². The Hall–Kier alpha value is -2.83. The van der Waals surface area contributed by atoms with Crippen LogP contribution in [0.1, 0.15) is 30.3 Å². The predicted octanol–water partition coefficient (Wildman–Crippen LogP) is 2.85. The summed E-state index contributed by atoms with van der Waals surface area (Å²) in [5, 5.41) is 0. The number of nitrogens with zero attached hydrogens (tertiary/aromatic N) is 4. The third kappa shape index (κ3) is 3.22. The maximum absolute atomic E-state index is 12.7. The van der Waals surface area contributed by atoms with Crippen molar-refractivity contribution in [3.05, 3.63) is 48.6 Å². The quantitative estimate of drug-likeness (QED) is 0.730. The molecule has 7 nitrogen and oxygen atoms in total. The van der Waals surface area contributed by atoms with E-state index in [9.17, 15) is 4.79 Å². The lowest BCUT2D eigenvalue weighted by Crippen LogP contribution is -2.41. The van der Waals surface area contributed by atoms with Crippen LogP contribution in [0.4, 0.5) is 0 Å². The lowest BCUT2D eigenvalue weighted by molar-refractivity contribution is -0.132. The molecule has 1 aliphatic rings. The topological polar surface area (TPSA) is 77.3 Å². The van der Waals surface area contributed by atoms with E-state index in [2.05, 4.69) is 14.5 Å². The third-order valence-corrected chi connectivity index (χ3v) is 4.64. The molecule has 1 amide bonds. The smallest absolute Gasteiger partial charge is 0.263 e. The average Bonchev–Trinajstić information content (AvgIpc) is 3.38. The zero-order valence-corrected chi connectivity index (χ0v) is 14.1. The Balaban J connectivity index is 1.45. The van der Waals surface area contributed by atoms with E-state index in [0.29, 0.717) is 29.6 Å². The molecule has 1 atom stereocenters. The minimum absolute atomic E-state index is 0.0761. The second-order valence-corrected chi connectivity index (χ2v) is 6.32. The van der Waals surface area contributed by atoms with Gasteiger partial charge in [-0.2, -0.15) is 0 Å². The van der Waals surface area contributed by atoms with Crippen LogP contribution in [0.5, 0.6) is 0 Å². The fraction of sp³-hybridized carbons (Fsp3) is 0.389. The predicted molar refractivity (Wildman–Crippen MR) is 89.7 cm³/mol. The van der Waals surface area contributed by atoms with Crippen LogP contribution in [-0.4, -0.2) is 38.4 Å². The molecule has 130 valence electrons. The zero-order chi connectivity index (χ0) is 17.2. The van der Waals surface area contributed by atoms with Crippen molar-refractivity contribution in [1.82, 2.24) is 19.4 Å². The maximum atomic E-state index is 12.7. The number of likely N-dealkylation sites (tertiary alicyclic amines) is 1. The SMILES string of the molecule is Cc1oc(-c2ccco2)nc1CC(=O)N1CCC[C@@H](n2ccnc2)C1. The molecule has 4 rings (SSSR count). The average molecular weight is 340 g/mol. The zero-order valence-electron chi connectivity index (χ0n) is 14.1. The van der Waals surface area contributed by atoms with E-state index in [1.807, 2.05) is 24.3 Å². The molecule has 0 aromatic carbocycles. The molecular formula is C18H20N4O3. The third-order valence-electron chi connectivity index (χ3n) is 4.64. The van der Waals surface area contributed by atoms with E-state index >= 15 is 0 Å². The summed E-state index contributed by atoms with van der Waals surface area (Å²) in [5.41, 5.74) is 0.668. The number of amides is 1. The summed E-state index contributed by atoms with van der Waals surface area (Å²) in [4.78, 5) is 23.2. The minimum Gasteiger partial charge on any atom is -0.459 e. The van der Waals surface area contributed by atoms with Crippen molar-refractivity contribution in [2.75, 3.05) is 13.1 Å². The normalized spacial score (nSPS) is 17.8. The first-order valence-electron chi connectivity index (χ1n) is 8.46. The van der Waals surface area contributed by atoms with E-state index in [4.69, 9.17) is 8.83 Å². The van der Waals surface area contributed by atoms with Gasteiger partial charge in [0.25, 0.3) is 5.89 Å². The molecule has 0 N–H and O–H groups in total. The molecule has 1 fully saturated rings. The Morgan fingerprint density at radius 2 is 2.36 bits per heavy atom. The number of carbonyl (C=O) groups is 1. The molecular weight excluding hydrogens is 320 g/mol. The molecule has 0 saturated carbocycles. The van der Waals surface area contributed by atoms with Gasteiger partial charge in [-0.3, -0.25) is 4.79 Å². The Morgan fingerprint density at radius 1 is 1.44 bits per heavy atom. The van der Waals surface area contributed by atoms with Crippen molar-refractivity contribution < 1.29 is 13.6 Å². The van der Waals surface area contributed by atoms with Crippen molar-refractivity contribution in [1.29, 1.82) is 0 Å². The van der Waals surface area contributed by atoms with Crippen LogP contribution in [0.15, 0.2) is 46.0 Å². The van der Waals surface area contributed by atoms with Gasteiger partial charge in [-0.05, 0) is 31.9 Å². The van der Waals surface area contributed by atoms with Gasteiger partial charge in [0.1, 0.15) is 5.76 Å². The van der Waals surface area contributed by atoms with Gasteiger partial charge in [0, 0.05) is 25.5 Å². The van der Waals surface area contributed by atoms with Crippen LogP contribution in [0.2, 0.25) is 0 Å². The summed E-state index contributed by atoms with van der Waals surface area (Å²) in [6, 6.07) is 3.86. The number of hydrogen-bond donors (Lipinski definition) is 0. The molecule has 0 bridgehead atoms. The minimum atomic E-state index is 0.0761. The number of oxazole rings is 1. The Labute approximate surface area is 145 Å². The van der Waals surface area contributed by atoms with Gasteiger partial charge >= 0.3 is 0 Å². The van der Waals surface area contributed by atoms with Crippen molar-refractivity contribution >= 4 is 5.91 Å². The molecule has 1 saturated heterocycles. The largest absolute Gasteiger partial charge is 0.459 e. The monoisotopic (exact) mass is 340 g/mol.